The Morgan fingerprint density at radius 3 is 2.00 bits per heavy atom. The highest BCUT2D eigenvalue weighted by molar-refractivity contribution is 5.69. The van der Waals surface area contributed by atoms with Gasteiger partial charge in [-0.1, -0.05) is 64.7 Å². The molecule has 0 amide bonds. The second-order valence-corrected chi connectivity index (χ2v) is 6.75. The van der Waals surface area contributed by atoms with E-state index in [9.17, 15) is 4.79 Å². The third-order valence-electron chi connectivity index (χ3n) is 4.28. The monoisotopic (exact) mass is 329 g/mol. The van der Waals surface area contributed by atoms with Gasteiger partial charge in [-0.25, -0.2) is 0 Å². The van der Waals surface area contributed by atoms with E-state index < -0.39 is 5.97 Å². The van der Waals surface area contributed by atoms with E-state index >= 15 is 0 Å². The van der Waals surface area contributed by atoms with Crippen molar-refractivity contribution in [3.63, 3.8) is 0 Å². The Bertz CT molecular complexity index is 285. The number of carboxylic acid groups (broad SMARTS) is 1. The molecule has 0 rings (SSSR count). The first-order chi connectivity index (χ1) is 11.0. The minimum atomic E-state index is -0.838. The first-order valence-corrected chi connectivity index (χ1v) is 9.44. The third-order valence-corrected chi connectivity index (χ3v) is 4.28. The molecule has 5 heteroatoms. The summed E-state index contributed by atoms with van der Waals surface area (Å²) in [5, 5.41) is 15.0. The van der Waals surface area contributed by atoms with Gasteiger partial charge in [0.15, 0.2) is 0 Å². The van der Waals surface area contributed by atoms with Gasteiger partial charge in [-0.05, 0) is 20.3 Å². The maximum atomic E-state index is 10.6. The molecule has 138 valence electrons. The molecule has 3 atom stereocenters. The molecule has 0 bridgehead atoms. The summed E-state index contributed by atoms with van der Waals surface area (Å²) in [6, 6.07) is 0.300. The van der Waals surface area contributed by atoms with E-state index in [1.54, 1.807) is 0 Å². The maximum absolute atomic E-state index is 10.6. The van der Waals surface area contributed by atoms with Crippen LogP contribution in [0.1, 0.15) is 85.0 Å². The smallest absolute Gasteiger partial charge is 0.317 e. The average Bonchev–Trinajstić information content (AvgIpc) is 2.49. The highest BCUT2D eigenvalue weighted by Crippen LogP contribution is 2.12. The summed E-state index contributed by atoms with van der Waals surface area (Å²) in [5.74, 6) is -0.838. The summed E-state index contributed by atoms with van der Waals surface area (Å²) < 4.78 is 0. The van der Waals surface area contributed by atoms with Gasteiger partial charge in [0.05, 0.1) is 12.7 Å². The van der Waals surface area contributed by atoms with Crippen LogP contribution in [0.25, 0.3) is 0 Å². The Labute approximate surface area is 142 Å². The van der Waals surface area contributed by atoms with E-state index in [4.69, 9.17) is 10.8 Å². The Morgan fingerprint density at radius 1 is 1.00 bits per heavy atom. The van der Waals surface area contributed by atoms with E-state index in [1.165, 1.54) is 57.8 Å². The van der Waals surface area contributed by atoms with Gasteiger partial charge in [0.25, 0.3) is 0 Å². The second kappa shape index (κ2) is 14.9. The number of rotatable bonds is 16. The number of nitrogens with one attached hydrogen (secondary N) is 2. The predicted octanol–water partition coefficient (Wildman–Crippen LogP) is 3.23. The normalized spacial score (nSPS) is 15.3. The van der Waals surface area contributed by atoms with Crippen LogP contribution in [0.5, 0.6) is 0 Å². The van der Waals surface area contributed by atoms with E-state index in [0.717, 1.165) is 6.42 Å². The highest BCUT2D eigenvalue weighted by Gasteiger charge is 2.16. The van der Waals surface area contributed by atoms with Crippen molar-refractivity contribution in [2.75, 3.05) is 6.54 Å². The van der Waals surface area contributed by atoms with Crippen LogP contribution in [0.3, 0.4) is 0 Å². The van der Waals surface area contributed by atoms with E-state index in [-0.39, 0.29) is 24.8 Å². The summed E-state index contributed by atoms with van der Waals surface area (Å²) in [4.78, 5) is 10.6. The lowest BCUT2D eigenvalue weighted by Gasteiger charge is -2.26. The van der Waals surface area contributed by atoms with Gasteiger partial charge < -0.3 is 10.8 Å². The fraction of sp³-hybridized carbons (Fsp3) is 0.944. The number of hydrogen-bond acceptors (Lipinski definition) is 4. The zero-order chi connectivity index (χ0) is 17.5. The minimum absolute atomic E-state index is 0.0299. The molecule has 0 heterocycles. The molecule has 5 N–H and O–H groups in total. The predicted molar refractivity (Wildman–Crippen MR) is 97.5 cm³/mol. The van der Waals surface area contributed by atoms with Crippen molar-refractivity contribution in [3.8, 4) is 0 Å². The minimum Gasteiger partial charge on any atom is -0.480 e. The van der Waals surface area contributed by atoms with Gasteiger partial charge in [0, 0.05) is 12.1 Å². The first-order valence-electron chi connectivity index (χ1n) is 9.44. The average molecular weight is 330 g/mol. The molecule has 0 aromatic heterocycles. The zero-order valence-corrected chi connectivity index (χ0v) is 15.4. The molecule has 5 nitrogen and oxygen atoms in total. The summed E-state index contributed by atoms with van der Waals surface area (Å²) in [6.07, 6.45) is 12.9. The van der Waals surface area contributed by atoms with Crippen LogP contribution >= 0.6 is 0 Å². The molecular weight excluding hydrogens is 290 g/mol. The molecule has 0 aromatic carbocycles. The van der Waals surface area contributed by atoms with Crippen molar-refractivity contribution in [1.29, 1.82) is 0 Å². The van der Waals surface area contributed by atoms with Crippen LogP contribution < -0.4 is 16.4 Å². The lowest BCUT2D eigenvalue weighted by Crippen LogP contribution is -2.52. The molecule has 0 aliphatic rings. The summed E-state index contributed by atoms with van der Waals surface area (Å²) in [7, 11) is 0. The number of carbonyl (C=O) groups is 1. The lowest BCUT2D eigenvalue weighted by molar-refractivity contribution is -0.136. The van der Waals surface area contributed by atoms with Crippen molar-refractivity contribution in [2.45, 2.75) is 103 Å². The van der Waals surface area contributed by atoms with Crippen LogP contribution in [-0.2, 0) is 4.79 Å². The maximum Gasteiger partial charge on any atom is 0.317 e. The third kappa shape index (κ3) is 14.7. The van der Waals surface area contributed by atoms with Crippen LogP contribution in [0, 0.1) is 0 Å². The van der Waals surface area contributed by atoms with Crippen molar-refractivity contribution in [3.05, 3.63) is 0 Å². The van der Waals surface area contributed by atoms with E-state index in [2.05, 4.69) is 17.6 Å². The first kappa shape index (κ1) is 22.4. The van der Waals surface area contributed by atoms with Crippen LogP contribution in [-0.4, -0.2) is 35.9 Å². The van der Waals surface area contributed by atoms with Crippen molar-refractivity contribution >= 4 is 5.97 Å². The topological polar surface area (TPSA) is 87.4 Å². The van der Waals surface area contributed by atoms with Crippen molar-refractivity contribution in [1.82, 2.24) is 10.6 Å². The fourth-order valence-corrected chi connectivity index (χ4v) is 2.79. The molecule has 0 aliphatic carbocycles. The summed E-state index contributed by atoms with van der Waals surface area (Å²) in [5.41, 5.74) is 6.04. The molecule has 0 saturated carbocycles. The fourth-order valence-electron chi connectivity index (χ4n) is 2.79. The standard InChI is InChI=1S/C18H39N3O2/c1-4-5-6-7-8-9-10-11-12-13-17(15(2)19)21-16(3)20-14-18(22)23/h15-17,20-21H,4-14,19H2,1-3H3,(H,22,23). The highest BCUT2D eigenvalue weighted by atomic mass is 16.4. The van der Waals surface area contributed by atoms with E-state index in [1.807, 2.05) is 13.8 Å². The quantitative estimate of drug-likeness (QED) is 0.258. The zero-order valence-electron chi connectivity index (χ0n) is 15.4. The summed E-state index contributed by atoms with van der Waals surface area (Å²) in [6.45, 7) is 6.17. The lowest BCUT2D eigenvalue weighted by atomic mass is 10.0. The van der Waals surface area contributed by atoms with Gasteiger partial charge in [0.2, 0.25) is 0 Å². The largest absolute Gasteiger partial charge is 0.480 e. The van der Waals surface area contributed by atoms with Gasteiger partial charge in [-0.15, -0.1) is 0 Å². The Balaban J connectivity index is 3.70. The molecule has 0 saturated heterocycles. The Hall–Kier alpha value is -0.650. The van der Waals surface area contributed by atoms with Gasteiger partial charge in [-0.3, -0.25) is 15.4 Å². The van der Waals surface area contributed by atoms with E-state index in [0.29, 0.717) is 0 Å². The van der Waals surface area contributed by atoms with Crippen molar-refractivity contribution < 1.29 is 9.90 Å². The van der Waals surface area contributed by atoms with Gasteiger partial charge in [-0.2, -0.15) is 0 Å². The molecule has 0 spiro atoms. The second-order valence-electron chi connectivity index (χ2n) is 6.75. The Kier molecular flexibility index (Phi) is 14.5. The molecule has 0 aromatic rings. The SMILES string of the molecule is CCCCCCCCCCCC(NC(C)NCC(=O)O)C(C)N. The van der Waals surface area contributed by atoms with Crippen LogP contribution in [0.15, 0.2) is 0 Å². The molecule has 0 aliphatic heterocycles. The Morgan fingerprint density at radius 2 is 1.52 bits per heavy atom. The molecule has 0 radical (unpaired) electrons. The molecule has 23 heavy (non-hydrogen) atoms. The molecule has 3 unspecified atom stereocenters. The molecule has 0 fully saturated rings. The van der Waals surface area contributed by atoms with Crippen molar-refractivity contribution in [2.24, 2.45) is 5.73 Å². The number of unbranched alkanes of at least 4 members (excludes halogenated alkanes) is 8. The number of aliphatic carboxylic acids is 1. The number of carboxylic acids is 1. The summed E-state index contributed by atoms with van der Waals surface area (Å²) >= 11 is 0. The van der Waals surface area contributed by atoms with Gasteiger partial charge >= 0.3 is 5.97 Å². The van der Waals surface area contributed by atoms with Gasteiger partial charge in [0.1, 0.15) is 0 Å². The number of nitrogens with two attached hydrogens (primary N) is 1. The number of hydrogen-bond donors (Lipinski definition) is 4. The molecular formula is C18H39N3O2. The van der Waals surface area contributed by atoms with Crippen LogP contribution in [0.2, 0.25) is 0 Å². The van der Waals surface area contributed by atoms with Crippen LogP contribution in [0.4, 0.5) is 0 Å².